The van der Waals surface area contributed by atoms with Gasteiger partial charge in [0.05, 0.1) is 5.56 Å². The van der Waals surface area contributed by atoms with Gasteiger partial charge in [0.2, 0.25) is 5.91 Å². The number of carbonyl (C=O) groups excluding carboxylic acids is 1. The highest BCUT2D eigenvalue weighted by Gasteiger charge is 2.07. The standard InChI is InChI=1S/C17H19N3O3/c1-18(11-13-7-5-4-6-8-13)15(21)10-9-14-12-19(2)17(23)20(3)16(14)22/h4-10,12H,11H2,1-3H3/b10-9+. The van der Waals surface area contributed by atoms with Crippen LogP contribution in [0.5, 0.6) is 0 Å². The van der Waals surface area contributed by atoms with Crippen LogP contribution in [0.25, 0.3) is 6.08 Å². The van der Waals surface area contributed by atoms with Gasteiger partial charge < -0.3 is 9.47 Å². The Morgan fingerprint density at radius 1 is 1.17 bits per heavy atom. The molecule has 0 saturated heterocycles. The summed E-state index contributed by atoms with van der Waals surface area (Å²) >= 11 is 0. The molecule has 1 aromatic carbocycles. The molecule has 0 atom stereocenters. The highest BCUT2D eigenvalue weighted by Crippen LogP contribution is 2.03. The Labute approximate surface area is 133 Å². The Morgan fingerprint density at radius 3 is 2.48 bits per heavy atom. The molecule has 0 aliphatic carbocycles. The van der Waals surface area contributed by atoms with Gasteiger partial charge in [-0.05, 0) is 11.6 Å². The first-order valence-corrected chi connectivity index (χ1v) is 7.14. The number of amides is 1. The lowest BCUT2D eigenvalue weighted by atomic mass is 10.2. The van der Waals surface area contributed by atoms with Crippen LogP contribution in [0.2, 0.25) is 0 Å². The van der Waals surface area contributed by atoms with Crippen molar-refractivity contribution in [2.75, 3.05) is 7.05 Å². The maximum atomic E-state index is 12.1. The second kappa shape index (κ2) is 6.91. The molecule has 0 unspecified atom stereocenters. The molecule has 6 nitrogen and oxygen atoms in total. The molecule has 0 radical (unpaired) electrons. The van der Waals surface area contributed by atoms with E-state index in [1.165, 1.54) is 30.0 Å². The van der Waals surface area contributed by atoms with Crippen molar-refractivity contribution in [2.45, 2.75) is 6.54 Å². The van der Waals surface area contributed by atoms with Gasteiger partial charge in [0.15, 0.2) is 0 Å². The molecule has 0 bridgehead atoms. The van der Waals surface area contributed by atoms with E-state index in [1.54, 1.807) is 19.0 Å². The van der Waals surface area contributed by atoms with E-state index in [2.05, 4.69) is 0 Å². The third kappa shape index (κ3) is 3.85. The summed E-state index contributed by atoms with van der Waals surface area (Å²) in [4.78, 5) is 37.3. The lowest BCUT2D eigenvalue weighted by Crippen LogP contribution is -2.37. The van der Waals surface area contributed by atoms with Crippen molar-refractivity contribution < 1.29 is 4.79 Å². The molecule has 0 aliphatic heterocycles. The van der Waals surface area contributed by atoms with Gasteiger partial charge in [0.1, 0.15) is 0 Å². The second-order valence-electron chi connectivity index (χ2n) is 5.36. The van der Waals surface area contributed by atoms with E-state index in [0.29, 0.717) is 6.54 Å². The van der Waals surface area contributed by atoms with Crippen LogP contribution in [0.3, 0.4) is 0 Å². The smallest absolute Gasteiger partial charge is 0.330 e. The zero-order valence-electron chi connectivity index (χ0n) is 13.4. The van der Waals surface area contributed by atoms with Crippen LogP contribution in [-0.2, 0) is 25.4 Å². The van der Waals surface area contributed by atoms with Gasteiger partial charge in [0, 0.05) is 40.0 Å². The van der Waals surface area contributed by atoms with Crippen LogP contribution in [0, 0.1) is 0 Å². The predicted octanol–water partition coefficient (Wildman–Crippen LogP) is 0.756. The first kappa shape index (κ1) is 16.5. The zero-order chi connectivity index (χ0) is 17.0. The molecule has 1 amide bonds. The van der Waals surface area contributed by atoms with Gasteiger partial charge >= 0.3 is 5.69 Å². The number of aromatic nitrogens is 2. The topological polar surface area (TPSA) is 64.3 Å². The Morgan fingerprint density at radius 2 is 1.83 bits per heavy atom. The quantitative estimate of drug-likeness (QED) is 0.783. The van der Waals surface area contributed by atoms with Crippen LogP contribution in [-0.4, -0.2) is 27.0 Å². The summed E-state index contributed by atoms with van der Waals surface area (Å²) in [7, 11) is 4.66. The molecule has 120 valence electrons. The van der Waals surface area contributed by atoms with Crippen molar-refractivity contribution >= 4 is 12.0 Å². The molecule has 0 fully saturated rings. The van der Waals surface area contributed by atoms with Gasteiger partial charge in [-0.15, -0.1) is 0 Å². The van der Waals surface area contributed by atoms with Crippen LogP contribution in [0.4, 0.5) is 0 Å². The van der Waals surface area contributed by atoms with E-state index in [0.717, 1.165) is 10.1 Å². The van der Waals surface area contributed by atoms with E-state index in [9.17, 15) is 14.4 Å². The van der Waals surface area contributed by atoms with E-state index < -0.39 is 11.2 Å². The number of hydrogen-bond acceptors (Lipinski definition) is 3. The molecular weight excluding hydrogens is 294 g/mol. The summed E-state index contributed by atoms with van der Waals surface area (Å²) in [6.45, 7) is 0.481. The highest BCUT2D eigenvalue weighted by atomic mass is 16.2. The number of carbonyl (C=O) groups is 1. The molecule has 1 heterocycles. The third-order valence-corrected chi connectivity index (χ3v) is 3.52. The average molecular weight is 313 g/mol. The summed E-state index contributed by atoms with van der Waals surface area (Å²) in [5.41, 5.74) is 0.480. The zero-order valence-corrected chi connectivity index (χ0v) is 13.4. The normalized spacial score (nSPS) is 10.9. The molecular formula is C17H19N3O3. The van der Waals surface area contributed by atoms with Crippen LogP contribution in [0.15, 0.2) is 52.2 Å². The predicted molar refractivity (Wildman–Crippen MR) is 88.9 cm³/mol. The second-order valence-corrected chi connectivity index (χ2v) is 5.36. The molecule has 0 saturated carbocycles. The summed E-state index contributed by atoms with van der Waals surface area (Å²) in [6.07, 6.45) is 4.20. The van der Waals surface area contributed by atoms with Crippen molar-refractivity contribution in [3.05, 3.63) is 74.6 Å². The fourth-order valence-electron chi connectivity index (χ4n) is 2.17. The summed E-state index contributed by atoms with van der Waals surface area (Å²) in [6, 6.07) is 9.63. The van der Waals surface area contributed by atoms with Crippen molar-refractivity contribution in [3.8, 4) is 0 Å². The Kier molecular flexibility index (Phi) is 4.95. The Balaban J connectivity index is 2.15. The number of likely N-dealkylation sites (N-methyl/N-ethyl adjacent to an activating group) is 1. The van der Waals surface area contributed by atoms with Crippen molar-refractivity contribution in [3.63, 3.8) is 0 Å². The maximum absolute atomic E-state index is 12.1. The first-order valence-electron chi connectivity index (χ1n) is 7.14. The summed E-state index contributed by atoms with van der Waals surface area (Å²) in [5.74, 6) is -0.218. The Hall–Kier alpha value is -2.89. The molecule has 0 aliphatic rings. The van der Waals surface area contributed by atoms with Crippen molar-refractivity contribution in [1.29, 1.82) is 0 Å². The van der Waals surface area contributed by atoms with Gasteiger partial charge in [-0.25, -0.2) is 4.79 Å². The van der Waals surface area contributed by atoms with Gasteiger partial charge in [0.25, 0.3) is 5.56 Å². The molecule has 1 aromatic heterocycles. The van der Waals surface area contributed by atoms with Crippen LogP contribution in [0.1, 0.15) is 11.1 Å². The molecule has 2 aromatic rings. The monoisotopic (exact) mass is 313 g/mol. The maximum Gasteiger partial charge on any atom is 0.330 e. The van der Waals surface area contributed by atoms with E-state index >= 15 is 0 Å². The molecule has 23 heavy (non-hydrogen) atoms. The van der Waals surface area contributed by atoms with Gasteiger partial charge in [-0.3, -0.25) is 14.2 Å². The summed E-state index contributed by atoms with van der Waals surface area (Å²) < 4.78 is 2.32. The van der Waals surface area contributed by atoms with Gasteiger partial charge in [-0.1, -0.05) is 30.3 Å². The molecule has 2 rings (SSSR count). The minimum atomic E-state index is -0.428. The molecule has 6 heteroatoms. The Bertz CT molecular complexity index is 848. The number of nitrogens with zero attached hydrogens (tertiary/aromatic N) is 3. The third-order valence-electron chi connectivity index (χ3n) is 3.52. The lowest BCUT2D eigenvalue weighted by molar-refractivity contribution is -0.125. The first-order chi connectivity index (χ1) is 10.9. The minimum Gasteiger partial charge on any atom is -0.338 e. The lowest BCUT2D eigenvalue weighted by Gasteiger charge is -2.15. The SMILES string of the molecule is CN(Cc1ccccc1)C(=O)/C=C/c1cn(C)c(=O)n(C)c1=O. The fraction of sp³-hybridized carbons (Fsp3) is 0.235. The average Bonchev–Trinajstić information content (AvgIpc) is 2.55. The number of benzene rings is 1. The van der Waals surface area contributed by atoms with E-state index in [1.807, 2.05) is 30.3 Å². The summed E-state index contributed by atoms with van der Waals surface area (Å²) in [5, 5.41) is 0. The minimum absolute atomic E-state index is 0.218. The van der Waals surface area contributed by atoms with E-state index in [-0.39, 0.29) is 11.5 Å². The van der Waals surface area contributed by atoms with Gasteiger partial charge in [-0.2, -0.15) is 0 Å². The fourth-order valence-corrected chi connectivity index (χ4v) is 2.17. The number of rotatable bonds is 4. The van der Waals surface area contributed by atoms with Crippen molar-refractivity contribution in [2.24, 2.45) is 14.1 Å². The molecule has 0 N–H and O–H groups in total. The van der Waals surface area contributed by atoms with E-state index in [4.69, 9.17) is 0 Å². The van der Waals surface area contributed by atoms with Crippen LogP contribution >= 0.6 is 0 Å². The highest BCUT2D eigenvalue weighted by molar-refractivity contribution is 5.91. The van der Waals surface area contributed by atoms with Crippen LogP contribution < -0.4 is 11.2 Å². The number of aryl methyl sites for hydroxylation is 1. The largest absolute Gasteiger partial charge is 0.338 e. The molecule has 0 spiro atoms. The number of hydrogen-bond donors (Lipinski definition) is 0. The van der Waals surface area contributed by atoms with Crippen molar-refractivity contribution in [1.82, 2.24) is 14.0 Å².